The Kier molecular flexibility index (Phi) is 6.98. The van der Waals surface area contributed by atoms with Crippen molar-refractivity contribution in [2.45, 2.75) is 82.6 Å². The first-order chi connectivity index (χ1) is 13.1. The zero-order valence-electron chi connectivity index (χ0n) is 17.5. The van der Waals surface area contributed by atoms with Gasteiger partial charge in [-0.25, -0.2) is 4.79 Å². The smallest absolute Gasteiger partial charge is 0.366 e. The maximum atomic E-state index is 12.8. The summed E-state index contributed by atoms with van der Waals surface area (Å²) >= 11 is 5.75. The van der Waals surface area contributed by atoms with Crippen molar-refractivity contribution < 1.29 is 19.2 Å². The minimum absolute atomic E-state index is 0.0343. The Hall–Kier alpha value is -0.400. The van der Waals surface area contributed by atoms with Crippen molar-refractivity contribution in [2.75, 3.05) is 11.5 Å². The number of esters is 1. The largest absolute Gasteiger partial charge is 0.449 e. The number of hydrogen-bond acceptors (Lipinski definition) is 7. The first-order valence-corrected chi connectivity index (χ1v) is 12.1. The van der Waals surface area contributed by atoms with Gasteiger partial charge in [0.05, 0.1) is 11.5 Å². The molecule has 0 aromatic rings. The standard InChI is InChI=1S/C21H35NO4S2/c1-13(11-27)18(23)25-17(12-28-20(2,3)4)19(24)26-22-21-8-14-5-15(9-21)7-16(6-14)10-21/h13-17,22,27H,5-12H2,1-4H3/t13-,14?,15?,16?,17+,21?/m1/s1. The van der Waals surface area contributed by atoms with Crippen molar-refractivity contribution in [3.8, 4) is 0 Å². The van der Waals surface area contributed by atoms with Crippen LogP contribution >= 0.6 is 24.4 Å². The lowest BCUT2D eigenvalue weighted by Crippen LogP contribution is -2.59. The lowest BCUT2D eigenvalue weighted by Gasteiger charge is -2.56. The van der Waals surface area contributed by atoms with Gasteiger partial charge in [-0.05, 0) is 56.3 Å². The number of thioether (sulfide) groups is 1. The number of ether oxygens (including phenoxy) is 1. The maximum Gasteiger partial charge on any atom is 0.366 e. The average Bonchev–Trinajstić information content (AvgIpc) is 2.60. The lowest BCUT2D eigenvalue weighted by molar-refractivity contribution is -0.182. The summed E-state index contributed by atoms with van der Waals surface area (Å²) in [6.45, 7) is 7.98. The van der Waals surface area contributed by atoms with Crippen LogP contribution in [-0.2, 0) is 19.2 Å². The van der Waals surface area contributed by atoms with E-state index >= 15 is 0 Å². The molecule has 160 valence electrons. The lowest BCUT2D eigenvalue weighted by atomic mass is 9.53. The van der Waals surface area contributed by atoms with Crippen LogP contribution in [0, 0.1) is 23.7 Å². The number of rotatable bonds is 8. The van der Waals surface area contributed by atoms with Crippen LogP contribution < -0.4 is 5.48 Å². The number of hydroxylamine groups is 1. The van der Waals surface area contributed by atoms with E-state index in [1.807, 2.05) is 0 Å². The molecular weight excluding hydrogens is 394 g/mol. The summed E-state index contributed by atoms with van der Waals surface area (Å²) < 4.78 is 5.47. The van der Waals surface area contributed by atoms with Gasteiger partial charge in [-0.15, -0.1) is 5.48 Å². The minimum Gasteiger partial charge on any atom is -0.449 e. The molecule has 0 heterocycles. The molecule has 5 nitrogen and oxygen atoms in total. The second-order valence-electron chi connectivity index (χ2n) is 10.2. The Morgan fingerprint density at radius 1 is 1.11 bits per heavy atom. The molecule has 0 aromatic heterocycles. The molecule has 4 bridgehead atoms. The summed E-state index contributed by atoms with van der Waals surface area (Å²) in [4.78, 5) is 30.6. The highest BCUT2D eigenvalue weighted by molar-refractivity contribution is 8.00. The SMILES string of the molecule is C[C@H](CS)C(=O)O[C@@H](CSC(C)(C)C)C(=O)ONC12CC3CC(CC(C3)C1)C2. The molecule has 4 rings (SSSR count). The van der Waals surface area contributed by atoms with Crippen molar-refractivity contribution in [3.63, 3.8) is 0 Å². The van der Waals surface area contributed by atoms with E-state index in [0.29, 0.717) is 11.5 Å². The number of thiol groups is 1. The Morgan fingerprint density at radius 2 is 1.64 bits per heavy atom. The van der Waals surface area contributed by atoms with Gasteiger partial charge >= 0.3 is 11.9 Å². The summed E-state index contributed by atoms with van der Waals surface area (Å²) in [5.74, 6) is 1.81. The molecule has 0 saturated heterocycles. The van der Waals surface area contributed by atoms with E-state index in [1.54, 1.807) is 18.7 Å². The van der Waals surface area contributed by atoms with Crippen LogP contribution in [0.15, 0.2) is 0 Å². The number of carbonyl (C=O) groups excluding carboxylic acids is 2. The van der Waals surface area contributed by atoms with Gasteiger partial charge in [0.1, 0.15) is 0 Å². The zero-order valence-corrected chi connectivity index (χ0v) is 19.2. The molecular formula is C21H35NO4S2. The van der Waals surface area contributed by atoms with E-state index in [9.17, 15) is 9.59 Å². The van der Waals surface area contributed by atoms with Crippen LogP contribution in [0.2, 0.25) is 0 Å². The van der Waals surface area contributed by atoms with E-state index in [4.69, 9.17) is 9.57 Å². The monoisotopic (exact) mass is 429 g/mol. The summed E-state index contributed by atoms with van der Waals surface area (Å²) in [6, 6.07) is 0. The molecule has 1 N–H and O–H groups in total. The minimum atomic E-state index is -0.902. The summed E-state index contributed by atoms with van der Waals surface area (Å²) in [5, 5.41) is 0. The molecule has 0 aliphatic heterocycles. The third kappa shape index (κ3) is 5.60. The molecule has 0 unspecified atom stereocenters. The van der Waals surface area contributed by atoms with Crippen molar-refractivity contribution in [1.29, 1.82) is 0 Å². The van der Waals surface area contributed by atoms with E-state index in [-0.39, 0.29) is 16.2 Å². The molecule has 0 radical (unpaired) electrons. The van der Waals surface area contributed by atoms with Gasteiger partial charge in [0.2, 0.25) is 6.10 Å². The number of hydrogen-bond donors (Lipinski definition) is 2. The second-order valence-corrected chi connectivity index (χ2v) is 12.4. The summed E-state index contributed by atoms with van der Waals surface area (Å²) in [7, 11) is 0. The molecule has 2 atom stereocenters. The van der Waals surface area contributed by atoms with Crippen molar-refractivity contribution in [2.24, 2.45) is 23.7 Å². The van der Waals surface area contributed by atoms with Crippen molar-refractivity contribution in [3.05, 3.63) is 0 Å². The van der Waals surface area contributed by atoms with E-state index < -0.39 is 18.0 Å². The molecule has 0 spiro atoms. The third-order valence-corrected chi connectivity index (χ3v) is 8.15. The molecule has 4 fully saturated rings. The van der Waals surface area contributed by atoms with Crippen LogP contribution in [0.3, 0.4) is 0 Å². The Bertz CT molecular complexity index is 554. The predicted octanol–water partition coefficient (Wildman–Crippen LogP) is 4.01. The van der Waals surface area contributed by atoms with Crippen LogP contribution in [0.25, 0.3) is 0 Å². The maximum absolute atomic E-state index is 12.8. The quantitative estimate of drug-likeness (QED) is 0.345. The molecule has 0 amide bonds. The molecule has 7 heteroatoms. The number of carbonyl (C=O) groups is 2. The Balaban J connectivity index is 1.59. The molecule has 28 heavy (non-hydrogen) atoms. The van der Waals surface area contributed by atoms with Crippen molar-refractivity contribution >= 4 is 36.3 Å². The van der Waals surface area contributed by atoms with Gasteiger partial charge in [0.15, 0.2) is 0 Å². The highest BCUT2D eigenvalue weighted by Gasteiger charge is 2.52. The normalized spacial score (nSPS) is 33.4. The van der Waals surface area contributed by atoms with Crippen LogP contribution in [0.1, 0.15) is 66.2 Å². The van der Waals surface area contributed by atoms with Crippen molar-refractivity contribution in [1.82, 2.24) is 5.48 Å². The first kappa shape index (κ1) is 22.3. The molecule has 4 aliphatic carbocycles. The van der Waals surface area contributed by atoms with Crippen LogP contribution in [0.5, 0.6) is 0 Å². The third-order valence-electron chi connectivity index (χ3n) is 6.27. The zero-order chi connectivity index (χ0) is 20.5. The van der Waals surface area contributed by atoms with E-state index in [2.05, 4.69) is 38.9 Å². The fraction of sp³-hybridized carbons (Fsp3) is 0.905. The van der Waals surface area contributed by atoms with Gasteiger partial charge in [0.25, 0.3) is 0 Å². The highest BCUT2D eigenvalue weighted by Crippen LogP contribution is 2.55. The number of nitrogens with one attached hydrogen (secondary N) is 1. The Labute approximate surface area is 178 Å². The van der Waals surface area contributed by atoms with E-state index in [1.165, 1.54) is 19.3 Å². The summed E-state index contributed by atoms with van der Waals surface area (Å²) in [5.41, 5.74) is 3.08. The fourth-order valence-electron chi connectivity index (χ4n) is 5.27. The topological polar surface area (TPSA) is 64.6 Å². The van der Waals surface area contributed by atoms with Gasteiger partial charge in [-0.3, -0.25) is 4.79 Å². The first-order valence-electron chi connectivity index (χ1n) is 10.5. The van der Waals surface area contributed by atoms with E-state index in [0.717, 1.165) is 37.0 Å². The second kappa shape index (κ2) is 8.76. The van der Waals surface area contributed by atoms with Gasteiger partial charge < -0.3 is 9.57 Å². The fourth-order valence-corrected chi connectivity index (χ4v) is 6.27. The molecule has 0 aromatic carbocycles. The van der Waals surface area contributed by atoms with Gasteiger partial charge in [-0.2, -0.15) is 24.4 Å². The average molecular weight is 430 g/mol. The molecule has 4 saturated carbocycles. The van der Waals surface area contributed by atoms with Crippen LogP contribution in [0.4, 0.5) is 0 Å². The van der Waals surface area contributed by atoms with Crippen LogP contribution in [-0.4, -0.2) is 39.8 Å². The van der Waals surface area contributed by atoms with Gasteiger partial charge in [-0.1, -0.05) is 27.7 Å². The molecule has 4 aliphatic rings. The highest BCUT2D eigenvalue weighted by atomic mass is 32.2. The predicted molar refractivity (Wildman–Crippen MR) is 115 cm³/mol. The van der Waals surface area contributed by atoms with Gasteiger partial charge in [0, 0.05) is 16.3 Å². The summed E-state index contributed by atoms with van der Waals surface area (Å²) in [6.07, 6.45) is 6.36. The Morgan fingerprint density at radius 3 is 2.11 bits per heavy atom.